The number of alkyl halides is 3. The lowest BCUT2D eigenvalue weighted by atomic mass is 10.1. The normalized spacial score (nSPS) is 12.0. The minimum Gasteiger partial charge on any atom is -0.468 e. The number of furan rings is 1. The molecule has 1 heterocycles. The molecule has 1 amide bonds. The van der Waals surface area contributed by atoms with Crippen molar-refractivity contribution < 1.29 is 35.2 Å². The van der Waals surface area contributed by atoms with Crippen LogP contribution in [0, 0.1) is 5.82 Å². The first kappa shape index (κ1) is 21.5. The van der Waals surface area contributed by atoms with E-state index in [-0.39, 0.29) is 17.1 Å². The van der Waals surface area contributed by atoms with Crippen molar-refractivity contribution in [1.29, 1.82) is 0 Å². The van der Waals surface area contributed by atoms with Crippen molar-refractivity contribution in [2.45, 2.75) is 17.6 Å². The highest BCUT2D eigenvalue weighted by molar-refractivity contribution is 7.89. The maximum Gasteiger partial charge on any atom is 0.419 e. The van der Waals surface area contributed by atoms with Crippen LogP contribution in [-0.4, -0.2) is 14.3 Å². The van der Waals surface area contributed by atoms with Crippen molar-refractivity contribution >= 4 is 21.6 Å². The third-order valence-electron chi connectivity index (χ3n) is 3.95. The Labute approximate surface area is 168 Å². The summed E-state index contributed by atoms with van der Waals surface area (Å²) in [4.78, 5) is 12.1. The zero-order chi connectivity index (χ0) is 21.9. The molecule has 1 aromatic heterocycles. The Morgan fingerprint density at radius 3 is 2.47 bits per heavy atom. The highest BCUT2D eigenvalue weighted by Gasteiger charge is 2.34. The van der Waals surface area contributed by atoms with E-state index in [4.69, 9.17) is 4.42 Å². The number of halogens is 4. The average Bonchev–Trinajstić information content (AvgIpc) is 3.20. The van der Waals surface area contributed by atoms with E-state index in [0.717, 1.165) is 12.1 Å². The molecular formula is C19H14F4N2O4S. The maximum absolute atomic E-state index is 13.4. The van der Waals surface area contributed by atoms with Gasteiger partial charge in [-0.25, -0.2) is 17.5 Å². The summed E-state index contributed by atoms with van der Waals surface area (Å²) in [7, 11) is -3.95. The van der Waals surface area contributed by atoms with Crippen molar-refractivity contribution in [2.24, 2.45) is 0 Å². The van der Waals surface area contributed by atoms with Gasteiger partial charge in [-0.3, -0.25) is 4.79 Å². The Morgan fingerprint density at radius 2 is 1.80 bits per heavy atom. The summed E-state index contributed by atoms with van der Waals surface area (Å²) in [5.74, 6) is -2.08. The minimum atomic E-state index is -4.96. The zero-order valence-electron chi connectivity index (χ0n) is 15.0. The second kappa shape index (κ2) is 8.28. The summed E-state index contributed by atoms with van der Waals surface area (Å²) >= 11 is 0. The monoisotopic (exact) mass is 442 g/mol. The van der Waals surface area contributed by atoms with E-state index in [1.165, 1.54) is 24.5 Å². The summed E-state index contributed by atoms with van der Waals surface area (Å²) in [5.41, 5.74) is -1.99. The van der Waals surface area contributed by atoms with Crippen LogP contribution in [0.1, 0.15) is 21.7 Å². The van der Waals surface area contributed by atoms with Crippen LogP contribution in [-0.2, 0) is 22.7 Å². The molecule has 3 rings (SSSR count). The molecule has 0 aliphatic heterocycles. The predicted molar refractivity (Wildman–Crippen MR) is 98.5 cm³/mol. The van der Waals surface area contributed by atoms with Crippen molar-refractivity contribution in [3.05, 3.63) is 83.6 Å². The van der Waals surface area contributed by atoms with Gasteiger partial charge < -0.3 is 9.73 Å². The summed E-state index contributed by atoms with van der Waals surface area (Å²) in [5, 5.41) is 2.30. The number of nitrogens with one attached hydrogen (secondary N) is 2. The Bertz CT molecular complexity index is 1160. The van der Waals surface area contributed by atoms with E-state index >= 15 is 0 Å². The standard InChI is InChI=1S/C19H14F4N2O4S/c20-17-7-6-12(9-16(17)19(21,22)23)18(26)25-13-3-1-5-15(10-13)30(27,28)24-11-14-4-2-8-29-14/h1-10,24H,11H2,(H,25,26). The molecule has 0 atom stereocenters. The predicted octanol–water partition coefficient (Wildman–Crippen LogP) is 4.17. The van der Waals surface area contributed by atoms with Gasteiger partial charge in [-0.2, -0.15) is 13.2 Å². The quantitative estimate of drug-likeness (QED) is 0.561. The van der Waals surface area contributed by atoms with Gasteiger partial charge in [0.25, 0.3) is 5.91 Å². The molecule has 0 saturated heterocycles. The average molecular weight is 442 g/mol. The van der Waals surface area contributed by atoms with Crippen LogP contribution in [0.5, 0.6) is 0 Å². The summed E-state index contributed by atoms with van der Waals surface area (Å²) in [6.45, 7) is -0.0955. The van der Waals surface area contributed by atoms with Crippen LogP contribution < -0.4 is 10.0 Å². The van der Waals surface area contributed by atoms with Gasteiger partial charge in [0, 0.05) is 11.3 Å². The number of sulfonamides is 1. The number of hydrogen-bond donors (Lipinski definition) is 2. The molecule has 0 fully saturated rings. The van der Waals surface area contributed by atoms with Gasteiger partial charge in [-0.1, -0.05) is 6.07 Å². The molecule has 0 radical (unpaired) electrons. The second-order valence-electron chi connectivity index (χ2n) is 6.08. The van der Waals surface area contributed by atoms with E-state index < -0.39 is 39.1 Å². The van der Waals surface area contributed by atoms with E-state index in [0.29, 0.717) is 17.9 Å². The van der Waals surface area contributed by atoms with Gasteiger partial charge in [0.1, 0.15) is 11.6 Å². The molecule has 2 aromatic carbocycles. The largest absolute Gasteiger partial charge is 0.468 e. The number of anilines is 1. The highest BCUT2D eigenvalue weighted by Crippen LogP contribution is 2.32. The fraction of sp³-hybridized carbons (Fsp3) is 0.105. The molecule has 2 N–H and O–H groups in total. The van der Waals surface area contributed by atoms with Crippen molar-refractivity contribution in [3.63, 3.8) is 0 Å². The minimum absolute atomic E-state index is 0.0266. The van der Waals surface area contributed by atoms with Crippen LogP contribution >= 0.6 is 0 Å². The first-order valence-electron chi connectivity index (χ1n) is 8.36. The van der Waals surface area contributed by atoms with Gasteiger partial charge in [0.2, 0.25) is 10.0 Å². The van der Waals surface area contributed by atoms with Crippen molar-refractivity contribution in [2.75, 3.05) is 5.32 Å². The molecular weight excluding hydrogens is 428 g/mol. The Morgan fingerprint density at radius 1 is 1.03 bits per heavy atom. The Balaban J connectivity index is 1.77. The summed E-state index contributed by atoms with van der Waals surface area (Å²) < 4.78 is 84.0. The topological polar surface area (TPSA) is 88.4 Å². The third-order valence-corrected chi connectivity index (χ3v) is 5.35. The first-order chi connectivity index (χ1) is 14.1. The van der Waals surface area contributed by atoms with Gasteiger partial charge in [-0.15, -0.1) is 0 Å². The van der Waals surface area contributed by atoms with E-state index in [1.807, 2.05) is 0 Å². The molecule has 30 heavy (non-hydrogen) atoms. The fourth-order valence-electron chi connectivity index (χ4n) is 2.49. The van der Waals surface area contributed by atoms with Gasteiger partial charge in [-0.05, 0) is 48.5 Å². The molecule has 0 bridgehead atoms. The molecule has 0 spiro atoms. The maximum atomic E-state index is 13.4. The van der Waals surface area contributed by atoms with Gasteiger partial charge in [0.05, 0.1) is 23.3 Å². The van der Waals surface area contributed by atoms with E-state index in [2.05, 4.69) is 10.0 Å². The molecule has 3 aromatic rings. The van der Waals surface area contributed by atoms with Crippen molar-refractivity contribution in [1.82, 2.24) is 4.72 Å². The van der Waals surface area contributed by atoms with E-state index in [9.17, 15) is 30.8 Å². The molecule has 0 aliphatic rings. The molecule has 11 heteroatoms. The molecule has 158 valence electrons. The zero-order valence-corrected chi connectivity index (χ0v) is 15.9. The summed E-state index contributed by atoms with van der Waals surface area (Å²) in [6.07, 6.45) is -3.58. The Kier molecular flexibility index (Phi) is 5.94. The third kappa shape index (κ3) is 5.05. The fourth-order valence-corrected chi connectivity index (χ4v) is 3.53. The lowest BCUT2D eigenvalue weighted by Gasteiger charge is -2.11. The number of carbonyl (C=O) groups excluding carboxylic acids is 1. The van der Waals surface area contributed by atoms with Crippen LogP contribution in [0.15, 0.2) is 70.2 Å². The van der Waals surface area contributed by atoms with Crippen LogP contribution in [0.3, 0.4) is 0 Å². The number of amides is 1. The SMILES string of the molecule is O=C(Nc1cccc(S(=O)(=O)NCc2ccco2)c1)c1ccc(F)c(C(F)(F)F)c1. The van der Waals surface area contributed by atoms with E-state index in [1.54, 1.807) is 12.1 Å². The highest BCUT2D eigenvalue weighted by atomic mass is 32.2. The van der Waals surface area contributed by atoms with Gasteiger partial charge in [0.15, 0.2) is 0 Å². The van der Waals surface area contributed by atoms with Gasteiger partial charge >= 0.3 is 6.18 Å². The smallest absolute Gasteiger partial charge is 0.419 e. The molecule has 0 saturated carbocycles. The number of rotatable bonds is 6. The van der Waals surface area contributed by atoms with Crippen LogP contribution in [0.25, 0.3) is 0 Å². The van der Waals surface area contributed by atoms with Crippen LogP contribution in [0.2, 0.25) is 0 Å². The van der Waals surface area contributed by atoms with Crippen LogP contribution in [0.4, 0.5) is 23.2 Å². The lowest BCUT2D eigenvalue weighted by Crippen LogP contribution is -2.23. The lowest BCUT2D eigenvalue weighted by molar-refractivity contribution is -0.140. The number of hydrogen-bond acceptors (Lipinski definition) is 4. The molecule has 0 unspecified atom stereocenters. The molecule has 6 nitrogen and oxygen atoms in total. The van der Waals surface area contributed by atoms with Crippen molar-refractivity contribution in [3.8, 4) is 0 Å². The second-order valence-corrected chi connectivity index (χ2v) is 7.85. The Hall–Kier alpha value is -3.18. The number of carbonyl (C=O) groups is 1. The summed E-state index contributed by atoms with van der Waals surface area (Å²) in [6, 6.07) is 10.1. The molecule has 0 aliphatic carbocycles. The first-order valence-corrected chi connectivity index (χ1v) is 9.85. The number of benzene rings is 2.